The summed E-state index contributed by atoms with van der Waals surface area (Å²) in [5, 5.41) is 20.8. The number of aryl methyl sites for hydroxylation is 14. The fourth-order valence-corrected chi connectivity index (χ4v) is 21.6. The molecule has 674 valence electrons. The average molecular weight is 1730 g/mol. The Hall–Kier alpha value is -11.0. The van der Waals surface area contributed by atoms with Gasteiger partial charge in [-0.3, -0.25) is 19.6 Å². The topological polar surface area (TPSA) is 147 Å². The van der Waals surface area contributed by atoms with Gasteiger partial charge in [0.2, 0.25) is 11.8 Å². The van der Waals surface area contributed by atoms with Crippen molar-refractivity contribution in [1.29, 1.82) is 0 Å². The fraction of sp³-hybridized carbons (Fsp3) is 0.411. The number of anilines is 1. The van der Waals surface area contributed by atoms with E-state index in [1.807, 2.05) is 61.1 Å². The third-order valence-corrected chi connectivity index (χ3v) is 28.5. The smallest absolute Gasteiger partial charge is 0.228 e. The molecule has 1 atom stereocenters. The molecule has 1 unspecified atom stereocenters. The molecule has 6 aliphatic heterocycles. The van der Waals surface area contributed by atoms with Crippen LogP contribution in [0.3, 0.4) is 0 Å². The Morgan fingerprint density at radius 3 is 1.50 bits per heavy atom. The van der Waals surface area contributed by atoms with Crippen molar-refractivity contribution in [3.8, 4) is 0 Å². The highest BCUT2D eigenvalue weighted by Crippen LogP contribution is 2.41. The van der Waals surface area contributed by atoms with Crippen LogP contribution in [-0.2, 0) is 135 Å². The number of aliphatic hydroxyl groups excluding tert-OH is 1. The zero-order valence-electron chi connectivity index (χ0n) is 80.3. The fourth-order valence-electron chi connectivity index (χ4n) is 21.6. The van der Waals surface area contributed by atoms with Crippen molar-refractivity contribution in [3.63, 3.8) is 0 Å². The minimum Gasteiger partial charge on any atom is -0.388 e. The summed E-state index contributed by atoms with van der Waals surface area (Å²) in [7, 11) is 19.8. The molecule has 129 heavy (non-hydrogen) atoms. The van der Waals surface area contributed by atoms with Crippen LogP contribution in [-0.4, -0.2) is 161 Å². The molecule has 2 amide bonds. The summed E-state index contributed by atoms with van der Waals surface area (Å²) in [6.45, 7) is 32.1. The van der Waals surface area contributed by atoms with Gasteiger partial charge in [0.15, 0.2) is 0 Å². The lowest BCUT2D eigenvalue weighted by molar-refractivity contribution is -0.132. The number of nitrogens with one attached hydrogen (secondary N) is 2. The molecule has 0 aliphatic carbocycles. The number of fused-ring (bicyclic) bond motifs is 15. The number of likely N-dealkylation sites (tertiary alicyclic amines) is 1. The molecule has 6 aliphatic rings. The normalized spacial score (nSPS) is 16.0. The van der Waals surface area contributed by atoms with Gasteiger partial charge in [-0.15, -0.1) is 0 Å². The van der Waals surface area contributed by atoms with Crippen molar-refractivity contribution < 1.29 is 14.7 Å². The van der Waals surface area contributed by atoms with Crippen molar-refractivity contribution in [2.24, 2.45) is 34.1 Å². The van der Waals surface area contributed by atoms with Crippen molar-refractivity contribution in [2.75, 3.05) is 86.4 Å². The molecule has 7 aromatic carbocycles. The number of allylic oxidation sites excluding steroid dienone is 1. The van der Waals surface area contributed by atoms with Crippen molar-refractivity contribution in [2.45, 2.75) is 191 Å². The summed E-state index contributed by atoms with van der Waals surface area (Å²) in [5.74, 6) is 1.12. The quantitative estimate of drug-likeness (QED) is 0.0906. The van der Waals surface area contributed by atoms with Crippen molar-refractivity contribution in [1.82, 2.24) is 62.6 Å². The zero-order valence-corrected chi connectivity index (χ0v) is 80.3. The number of aliphatic hydroxyl groups is 1. The molecule has 14 aromatic rings. The summed E-state index contributed by atoms with van der Waals surface area (Å²) in [5.41, 5.74) is 42.1. The molecule has 17 nitrogen and oxygen atoms in total. The van der Waals surface area contributed by atoms with Gasteiger partial charge >= 0.3 is 0 Å². The first-order valence-corrected chi connectivity index (χ1v) is 47.4. The van der Waals surface area contributed by atoms with Crippen LogP contribution in [0.4, 0.5) is 5.69 Å². The van der Waals surface area contributed by atoms with Crippen LogP contribution >= 0.6 is 0 Å². The minimum atomic E-state index is -0.478. The number of H-pyrrole nitrogens is 1. The van der Waals surface area contributed by atoms with E-state index in [0.717, 1.165) is 177 Å². The molecule has 0 bridgehead atoms. The maximum Gasteiger partial charge on any atom is 0.228 e. The molecule has 7 aromatic heterocycles. The average Bonchev–Trinajstić information content (AvgIpc) is 1.73. The maximum absolute atomic E-state index is 12.7. The molecule has 1 fully saturated rings. The number of hydrogen-bond acceptors (Lipinski definition) is 10. The van der Waals surface area contributed by atoms with E-state index in [0.29, 0.717) is 25.2 Å². The number of piperidine rings is 1. The zero-order chi connectivity index (χ0) is 90.7. The molecule has 0 spiro atoms. The number of amides is 2. The predicted molar refractivity (Wildman–Crippen MR) is 535 cm³/mol. The van der Waals surface area contributed by atoms with E-state index in [9.17, 15) is 14.7 Å². The Kier molecular flexibility index (Phi) is 28.1. The highest BCUT2D eigenvalue weighted by molar-refractivity contribution is 6.04. The van der Waals surface area contributed by atoms with Crippen molar-refractivity contribution >= 4 is 83.7 Å². The lowest BCUT2D eigenvalue weighted by Gasteiger charge is -2.30. The molecule has 3 N–H and O–H groups in total. The number of nitrogens with zero attached hydrogens (tertiary/aromatic N) is 12. The number of carbonyl (C=O) groups excluding carboxylic acids is 2. The standard InChI is InChI=1S/C23H33N3O.C23H29N3.C22H25N3O.C22H25N3.C22H26N2O/c1-16-7-11-26(12-8-16)22(27)6-5-18-13-17(2)14-19-20-15-24(3)10-9-21(20)25(4)23(18)19;1-16-12-19(7-5-6-18-8-10-24-17(2)14-18)23-20(13-16)21-15-25(3)11-9-22(21)26(23)4;1-15-11-17-18-14-24(2)10-9-20(18)25(3)22(17)19(12-15)23-21(26)13-16-7-5-4-6-8-16;1-15-11-18(13-16(2)17-5-8-23-9-6-17)22-19(12-15)20-14-24(3)10-7-21(20)25(22)4;1-14-4-6-16(7-5-14)21(25)12-17-10-15(2)11-18-19-13-24(3)9-8-20(19)23-22(17)18/h13-14,16H,5-12,15H2,1-4H3;8,10,12-14H,5-7,9,11,15H2,1-4H3;4-8,11-12H,9-10,13-14H2,1-3H3,(H,23,26);5-6,8-9,11-13H,7,10,14H2,1-4H3;4-7,10-11,21,23,25H,8-9,12-13H2,1-3H3/b;;;16-13-;. The third-order valence-electron chi connectivity index (χ3n) is 28.5. The first kappa shape index (κ1) is 91.3. The van der Waals surface area contributed by atoms with Gasteiger partial charge in [-0.1, -0.05) is 102 Å². The predicted octanol–water partition coefficient (Wildman–Crippen LogP) is 20.2. The van der Waals surface area contributed by atoms with E-state index in [4.69, 9.17) is 0 Å². The van der Waals surface area contributed by atoms with Gasteiger partial charge in [0.25, 0.3) is 0 Å². The lowest BCUT2D eigenvalue weighted by Crippen LogP contribution is -2.38. The molecule has 0 radical (unpaired) electrons. The molecule has 13 heterocycles. The van der Waals surface area contributed by atoms with E-state index < -0.39 is 6.10 Å². The highest BCUT2D eigenvalue weighted by Gasteiger charge is 2.30. The van der Waals surface area contributed by atoms with E-state index in [-0.39, 0.29) is 5.91 Å². The van der Waals surface area contributed by atoms with Crippen molar-refractivity contribution in [3.05, 3.63) is 298 Å². The Labute approximate surface area is 765 Å². The van der Waals surface area contributed by atoms with Crippen LogP contribution < -0.4 is 5.32 Å². The van der Waals surface area contributed by atoms with Crippen LogP contribution in [0.1, 0.15) is 186 Å². The van der Waals surface area contributed by atoms with E-state index in [1.54, 1.807) is 5.56 Å². The number of carbonyl (C=O) groups is 2. The number of hydrogen-bond donors (Lipinski definition) is 3. The molecular weight excluding hydrogens is 1590 g/mol. The monoisotopic (exact) mass is 1730 g/mol. The molecule has 17 heteroatoms. The lowest BCUT2D eigenvalue weighted by atomic mass is 9.96. The van der Waals surface area contributed by atoms with Crippen LogP contribution in [0.25, 0.3) is 66.2 Å². The van der Waals surface area contributed by atoms with Gasteiger partial charge < -0.3 is 63.1 Å². The summed E-state index contributed by atoms with van der Waals surface area (Å²) in [4.78, 5) is 51.5. The molecular formula is C112H138N14O3. The second-order valence-corrected chi connectivity index (χ2v) is 39.0. The van der Waals surface area contributed by atoms with E-state index >= 15 is 0 Å². The Bertz CT molecular complexity index is 6460. The second kappa shape index (κ2) is 39.7. The molecule has 1 saturated heterocycles. The van der Waals surface area contributed by atoms with Gasteiger partial charge in [-0.2, -0.15) is 0 Å². The van der Waals surface area contributed by atoms with Crippen LogP contribution in [0, 0.1) is 54.4 Å². The highest BCUT2D eigenvalue weighted by atomic mass is 16.3. The maximum atomic E-state index is 12.7. The van der Waals surface area contributed by atoms with Gasteiger partial charge in [-0.05, 0) is 297 Å². The summed E-state index contributed by atoms with van der Waals surface area (Å²) >= 11 is 0. The first-order chi connectivity index (χ1) is 62.0. The van der Waals surface area contributed by atoms with Crippen LogP contribution in [0.5, 0.6) is 0 Å². The van der Waals surface area contributed by atoms with Gasteiger partial charge in [0.05, 0.1) is 40.3 Å². The third kappa shape index (κ3) is 20.5. The number of rotatable bonds is 15. The van der Waals surface area contributed by atoms with Crippen LogP contribution in [0.2, 0.25) is 0 Å². The number of pyridine rings is 2. The molecule has 0 saturated carbocycles. The first-order valence-electron chi connectivity index (χ1n) is 47.4. The van der Waals surface area contributed by atoms with E-state index in [1.165, 1.54) is 178 Å². The Balaban J connectivity index is 0.000000118. The van der Waals surface area contributed by atoms with E-state index in [2.05, 4.69) is 297 Å². The Morgan fingerprint density at radius 2 is 0.946 bits per heavy atom. The SMILES string of the molecule is C/C(=C/c1cc(C)cc2c3c(n(C)c12)CCN(C)C3)c1ccncc1.Cc1cc(CCC(=O)N2CCC(C)CC2)c2c(c1)c1c(n2C)CCN(C)C1.Cc1cc(CCCc2ccnc(C)c2)c2c(c1)c1c(n2C)CCN(C)C1.Cc1cc(NC(=O)Cc2ccccc2)c2c(c1)c1c(n2C)CCN(C)C1.Cc1ccc(C(O)Cc2cc(C)cc3c4c([nH]c23)CCN(C)C4)cc1. The largest absolute Gasteiger partial charge is 0.388 e. The summed E-state index contributed by atoms with van der Waals surface area (Å²) in [6, 6.07) is 49.5. The molecule has 20 rings (SSSR count). The number of benzene rings is 7. The van der Waals surface area contributed by atoms with Gasteiger partial charge in [-0.25, -0.2) is 0 Å². The second-order valence-electron chi connectivity index (χ2n) is 39.0. The number of aromatic amines is 1. The Morgan fingerprint density at radius 1 is 0.473 bits per heavy atom. The van der Waals surface area contributed by atoms with Gasteiger partial charge in [0.1, 0.15) is 0 Å². The van der Waals surface area contributed by atoms with Crippen LogP contribution in [0.15, 0.2) is 158 Å². The minimum absolute atomic E-state index is 0.0272. The summed E-state index contributed by atoms with van der Waals surface area (Å²) in [6.07, 6.45) is 21.2. The number of likely N-dealkylation sites (N-methyl/N-ethyl adjacent to an activating group) is 5. The number of aromatic nitrogens is 7. The summed E-state index contributed by atoms with van der Waals surface area (Å²) < 4.78 is 9.57. The van der Waals surface area contributed by atoms with Gasteiger partial charge in [0, 0.05) is 237 Å².